The van der Waals surface area contributed by atoms with Crippen molar-refractivity contribution in [2.75, 3.05) is 0 Å². The third-order valence-corrected chi connectivity index (χ3v) is 5.04. The van der Waals surface area contributed by atoms with Crippen molar-refractivity contribution in [1.82, 2.24) is 14.4 Å². The van der Waals surface area contributed by atoms with Gasteiger partial charge in [0.05, 0.1) is 18.0 Å². The van der Waals surface area contributed by atoms with E-state index in [4.69, 9.17) is 14.0 Å². The lowest BCUT2D eigenvalue weighted by molar-refractivity contribution is 0.650. The second kappa shape index (κ2) is 5.42. The zero-order valence-electron chi connectivity index (χ0n) is 21.5. The molecule has 4 aromatic heterocycles. The average Bonchev–Trinajstić information content (AvgIpc) is 3.33. The molecular weight excluding hydrogens is 346 g/mol. The Labute approximate surface area is 170 Å². The number of rotatable bonds is 1. The molecule has 4 nitrogen and oxygen atoms in total. The Bertz CT molecular complexity index is 1800. The molecule has 6 rings (SSSR count). The van der Waals surface area contributed by atoms with Crippen LogP contribution in [0.4, 0.5) is 0 Å². The molecule has 0 radical (unpaired) electrons. The molecule has 0 saturated heterocycles. The summed E-state index contributed by atoms with van der Waals surface area (Å²) in [5.41, 5.74) is 2.46. The molecule has 0 bridgehead atoms. The van der Waals surface area contributed by atoms with Crippen LogP contribution in [-0.2, 0) is 0 Å². The maximum absolute atomic E-state index is 8.52. The van der Waals surface area contributed by atoms with E-state index in [0.29, 0.717) is 28.5 Å². The van der Waals surface area contributed by atoms with Crippen LogP contribution in [0.5, 0.6) is 0 Å². The van der Waals surface area contributed by atoms with Crippen molar-refractivity contribution in [2.45, 2.75) is 13.7 Å². The standard InChI is InChI=1S/C24H17N3O/c1-14-10-20(25-12-15(14)2)18-8-5-7-17-19-13-26-22-11-16-6-3-4-9-21(16)27(22)24(19)28-23(17)18/h3-13H,1-2H3/i1D3,2D3,11D. The van der Waals surface area contributed by atoms with Crippen molar-refractivity contribution in [3.05, 3.63) is 78.1 Å². The van der Waals surface area contributed by atoms with Crippen LogP contribution < -0.4 is 0 Å². The molecule has 134 valence electrons. The molecule has 0 amide bonds. The molecule has 0 unspecified atom stereocenters. The molecule has 2 aromatic carbocycles. The van der Waals surface area contributed by atoms with E-state index in [1.807, 2.05) is 30.3 Å². The van der Waals surface area contributed by atoms with Gasteiger partial charge in [0.2, 0.25) is 5.71 Å². The summed E-state index contributed by atoms with van der Waals surface area (Å²) < 4.78 is 63.4. The van der Waals surface area contributed by atoms with E-state index in [9.17, 15) is 0 Å². The van der Waals surface area contributed by atoms with E-state index in [1.165, 1.54) is 6.07 Å². The molecule has 0 spiro atoms. The van der Waals surface area contributed by atoms with E-state index in [0.717, 1.165) is 27.9 Å². The van der Waals surface area contributed by atoms with Gasteiger partial charge in [-0.3, -0.25) is 9.38 Å². The fraction of sp³-hybridized carbons (Fsp3) is 0.0833. The first-order chi connectivity index (χ1) is 16.6. The average molecular weight is 370 g/mol. The summed E-state index contributed by atoms with van der Waals surface area (Å²) in [7, 11) is 0. The van der Waals surface area contributed by atoms with E-state index >= 15 is 0 Å². The van der Waals surface area contributed by atoms with Crippen LogP contribution >= 0.6 is 0 Å². The lowest BCUT2D eigenvalue weighted by Crippen LogP contribution is -1.88. The van der Waals surface area contributed by atoms with Gasteiger partial charge in [0.25, 0.3) is 0 Å². The van der Waals surface area contributed by atoms with Gasteiger partial charge in [0.15, 0.2) is 0 Å². The minimum atomic E-state index is -2.63. The third-order valence-electron chi connectivity index (χ3n) is 5.04. The van der Waals surface area contributed by atoms with Crippen molar-refractivity contribution in [1.29, 1.82) is 0 Å². The Morgan fingerprint density at radius 3 is 2.82 bits per heavy atom. The van der Waals surface area contributed by atoms with Gasteiger partial charge in [-0.2, -0.15) is 0 Å². The summed E-state index contributed by atoms with van der Waals surface area (Å²) in [5.74, 6) is 0. The zero-order valence-corrected chi connectivity index (χ0v) is 14.5. The number of furan rings is 1. The van der Waals surface area contributed by atoms with Crippen molar-refractivity contribution in [2.24, 2.45) is 0 Å². The first-order valence-corrected chi connectivity index (χ1v) is 8.77. The van der Waals surface area contributed by atoms with Gasteiger partial charge in [0.1, 0.15) is 11.2 Å². The lowest BCUT2D eigenvalue weighted by Gasteiger charge is -2.05. The molecule has 0 atom stereocenters. The predicted octanol–water partition coefficient (Wildman–Crippen LogP) is 6.07. The maximum atomic E-state index is 8.52. The Hall–Kier alpha value is -3.66. The number of pyridine rings is 1. The zero-order chi connectivity index (χ0) is 24.7. The Morgan fingerprint density at radius 2 is 1.89 bits per heavy atom. The van der Waals surface area contributed by atoms with Gasteiger partial charge in [-0.15, -0.1) is 0 Å². The summed E-state index contributed by atoms with van der Waals surface area (Å²) in [6.45, 7) is -5.24. The number of fused-ring (bicyclic) bond motifs is 7. The fourth-order valence-corrected chi connectivity index (χ4v) is 3.71. The Balaban J connectivity index is 1.67. The van der Waals surface area contributed by atoms with Crippen molar-refractivity contribution < 1.29 is 14.0 Å². The number of benzene rings is 2. The molecule has 4 heteroatoms. The molecule has 0 aliphatic rings. The highest BCUT2D eigenvalue weighted by Gasteiger charge is 2.17. The van der Waals surface area contributed by atoms with Gasteiger partial charge in [-0.25, -0.2) is 4.98 Å². The quantitative estimate of drug-likeness (QED) is 0.353. The van der Waals surface area contributed by atoms with E-state index in [1.54, 1.807) is 22.7 Å². The van der Waals surface area contributed by atoms with E-state index in [-0.39, 0.29) is 16.8 Å². The number of hydrogen-bond donors (Lipinski definition) is 0. The summed E-state index contributed by atoms with van der Waals surface area (Å²) in [5, 5.41) is 2.22. The normalized spacial score (nSPS) is 16.5. The third kappa shape index (κ3) is 2.00. The monoisotopic (exact) mass is 370 g/mol. The summed E-state index contributed by atoms with van der Waals surface area (Å²) in [6.07, 6.45) is 2.77. The van der Waals surface area contributed by atoms with Crippen LogP contribution in [-0.4, -0.2) is 14.4 Å². The van der Waals surface area contributed by atoms with Crippen LogP contribution in [0.15, 0.2) is 71.4 Å². The highest BCUT2D eigenvalue weighted by molar-refractivity contribution is 6.09. The highest BCUT2D eigenvalue weighted by Crippen LogP contribution is 2.36. The number of para-hydroxylation sites is 2. The second-order valence-corrected chi connectivity index (χ2v) is 6.68. The largest absolute Gasteiger partial charge is 0.438 e. The minimum absolute atomic E-state index is 0.269. The number of nitrogens with zero attached hydrogens (tertiary/aromatic N) is 3. The molecule has 0 saturated carbocycles. The van der Waals surface area contributed by atoms with Crippen LogP contribution in [0.25, 0.3) is 49.9 Å². The van der Waals surface area contributed by atoms with Gasteiger partial charge < -0.3 is 4.42 Å². The highest BCUT2D eigenvalue weighted by atomic mass is 16.3. The Kier molecular flexibility index (Phi) is 1.95. The van der Waals surface area contributed by atoms with Crippen LogP contribution in [0.2, 0.25) is 0 Å². The van der Waals surface area contributed by atoms with Crippen molar-refractivity contribution >= 4 is 38.6 Å². The van der Waals surface area contributed by atoms with Crippen LogP contribution in [0.1, 0.15) is 20.7 Å². The SMILES string of the molecule is [2H]c1c2ccccc2n2c1ncc1c3cccc(-c4cc(C([2H])([2H])[2H])c(C([2H])([2H])[2H])cn4)c3oc12. The predicted molar refractivity (Wildman–Crippen MR) is 113 cm³/mol. The molecule has 0 fully saturated rings. The van der Waals surface area contributed by atoms with Crippen LogP contribution in [0, 0.1) is 13.7 Å². The van der Waals surface area contributed by atoms with E-state index in [2.05, 4.69) is 9.97 Å². The maximum Gasteiger partial charge on any atom is 0.215 e. The Morgan fingerprint density at radius 1 is 0.964 bits per heavy atom. The first kappa shape index (κ1) is 10.0. The van der Waals surface area contributed by atoms with Crippen molar-refractivity contribution in [3.63, 3.8) is 0 Å². The number of aromatic nitrogens is 3. The molecule has 0 aliphatic carbocycles. The smallest absolute Gasteiger partial charge is 0.215 e. The summed E-state index contributed by atoms with van der Waals surface area (Å²) in [6, 6.07) is 14.5. The van der Waals surface area contributed by atoms with Gasteiger partial charge in [-0.05, 0) is 49.1 Å². The second-order valence-electron chi connectivity index (χ2n) is 6.68. The topological polar surface area (TPSA) is 43.3 Å². The van der Waals surface area contributed by atoms with Gasteiger partial charge >= 0.3 is 0 Å². The van der Waals surface area contributed by atoms with Gasteiger partial charge in [-0.1, -0.05) is 30.3 Å². The van der Waals surface area contributed by atoms with Gasteiger partial charge in [0, 0.05) is 37.0 Å². The molecule has 4 heterocycles. The number of hydrogen-bond acceptors (Lipinski definition) is 3. The minimum Gasteiger partial charge on any atom is -0.438 e. The molecule has 6 aromatic rings. The first-order valence-electron chi connectivity index (χ1n) is 12.3. The molecule has 28 heavy (non-hydrogen) atoms. The fourth-order valence-electron chi connectivity index (χ4n) is 3.71. The molecule has 0 aliphatic heterocycles. The summed E-state index contributed by atoms with van der Waals surface area (Å²) in [4.78, 5) is 8.82. The summed E-state index contributed by atoms with van der Waals surface area (Å²) >= 11 is 0. The lowest BCUT2D eigenvalue weighted by atomic mass is 10.0. The molecule has 0 N–H and O–H groups in total. The van der Waals surface area contributed by atoms with Crippen molar-refractivity contribution in [3.8, 4) is 11.3 Å². The number of aryl methyl sites for hydroxylation is 2. The molecular formula is C24H17N3O. The van der Waals surface area contributed by atoms with Crippen LogP contribution in [0.3, 0.4) is 0 Å². The van der Waals surface area contributed by atoms with E-state index < -0.39 is 13.7 Å².